The highest BCUT2D eigenvalue weighted by Crippen LogP contribution is 2.28. The van der Waals surface area contributed by atoms with Gasteiger partial charge in [0.2, 0.25) is 10.0 Å². The highest BCUT2D eigenvalue weighted by atomic mass is 79.9. The predicted octanol–water partition coefficient (Wildman–Crippen LogP) is 2.03. The molecule has 8 heteroatoms. The largest absolute Gasteiger partial charge is 0.394 e. The fourth-order valence-corrected chi connectivity index (χ4v) is 5.29. The summed E-state index contributed by atoms with van der Waals surface area (Å²) < 4.78 is 34.1. The second-order valence-electron chi connectivity index (χ2n) is 4.73. The minimum atomic E-state index is -3.71. The number of hydrogen-bond donors (Lipinski definition) is 2. The molecule has 1 aromatic carbocycles. The number of hydrogen-bond acceptors (Lipinski definition) is 4. The van der Waals surface area contributed by atoms with Crippen LogP contribution < -0.4 is 4.72 Å². The SMILES string of the molecule is O=S(=O)(NC1(CO)CCOCC1)c1ccc(Br)cc1Br. The molecule has 1 fully saturated rings. The van der Waals surface area contributed by atoms with Gasteiger partial charge in [0, 0.05) is 22.2 Å². The van der Waals surface area contributed by atoms with Crippen molar-refractivity contribution in [3.63, 3.8) is 0 Å². The molecule has 1 saturated heterocycles. The Morgan fingerprint density at radius 1 is 1.30 bits per heavy atom. The van der Waals surface area contributed by atoms with Crippen molar-refractivity contribution in [3.05, 3.63) is 27.1 Å². The molecule has 1 heterocycles. The van der Waals surface area contributed by atoms with Gasteiger partial charge in [-0.3, -0.25) is 0 Å². The zero-order valence-corrected chi connectivity index (χ0v) is 14.6. The normalized spacial score (nSPS) is 18.9. The number of aliphatic hydroxyl groups is 1. The first-order chi connectivity index (χ1) is 9.38. The topological polar surface area (TPSA) is 75.6 Å². The molecular weight excluding hydrogens is 414 g/mol. The number of halogens is 2. The van der Waals surface area contributed by atoms with Gasteiger partial charge in [-0.15, -0.1) is 0 Å². The Morgan fingerprint density at radius 2 is 1.95 bits per heavy atom. The third-order valence-electron chi connectivity index (χ3n) is 3.29. The molecule has 0 aromatic heterocycles. The summed E-state index contributed by atoms with van der Waals surface area (Å²) in [6.45, 7) is 0.624. The Hall–Kier alpha value is 0.01000. The summed E-state index contributed by atoms with van der Waals surface area (Å²) in [6.07, 6.45) is 0.910. The molecule has 20 heavy (non-hydrogen) atoms. The van der Waals surface area contributed by atoms with Gasteiger partial charge in [-0.2, -0.15) is 0 Å². The second-order valence-corrected chi connectivity index (χ2v) is 8.15. The summed E-state index contributed by atoms with van der Waals surface area (Å²) in [6, 6.07) is 4.85. The minimum Gasteiger partial charge on any atom is -0.394 e. The van der Waals surface area contributed by atoms with Crippen molar-refractivity contribution in [2.24, 2.45) is 0 Å². The summed E-state index contributed by atoms with van der Waals surface area (Å²) in [5.41, 5.74) is -0.844. The second kappa shape index (κ2) is 6.41. The highest BCUT2D eigenvalue weighted by molar-refractivity contribution is 9.11. The van der Waals surface area contributed by atoms with Gasteiger partial charge in [0.1, 0.15) is 0 Å². The summed E-state index contributed by atoms with van der Waals surface area (Å²) >= 11 is 6.53. The molecule has 0 radical (unpaired) electrons. The van der Waals surface area contributed by atoms with Crippen LogP contribution in [0.15, 0.2) is 32.0 Å². The van der Waals surface area contributed by atoms with E-state index in [0.29, 0.717) is 30.5 Å². The smallest absolute Gasteiger partial charge is 0.242 e. The quantitative estimate of drug-likeness (QED) is 0.769. The van der Waals surface area contributed by atoms with Gasteiger partial charge in [0.25, 0.3) is 0 Å². The van der Waals surface area contributed by atoms with Gasteiger partial charge in [-0.25, -0.2) is 13.1 Å². The van der Waals surface area contributed by atoms with E-state index in [0.717, 1.165) is 4.47 Å². The number of aliphatic hydroxyl groups excluding tert-OH is 1. The van der Waals surface area contributed by atoms with E-state index in [1.165, 1.54) is 6.07 Å². The van der Waals surface area contributed by atoms with Crippen LogP contribution in [0.25, 0.3) is 0 Å². The van der Waals surface area contributed by atoms with E-state index in [9.17, 15) is 13.5 Å². The summed E-state index contributed by atoms with van der Waals surface area (Å²) in [5.74, 6) is 0. The fourth-order valence-electron chi connectivity index (χ4n) is 2.09. The van der Waals surface area contributed by atoms with Crippen LogP contribution in [0.2, 0.25) is 0 Å². The van der Waals surface area contributed by atoms with Gasteiger partial charge >= 0.3 is 0 Å². The molecule has 0 amide bonds. The van der Waals surface area contributed by atoms with Crippen molar-refractivity contribution < 1.29 is 18.3 Å². The van der Waals surface area contributed by atoms with Crippen LogP contribution in [0.5, 0.6) is 0 Å². The maximum absolute atomic E-state index is 12.5. The van der Waals surface area contributed by atoms with Crippen LogP contribution in [0.1, 0.15) is 12.8 Å². The van der Waals surface area contributed by atoms with Crippen molar-refractivity contribution in [2.75, 3.05) is 19.8 Å². The first kappa shape index (κ1) is 16.4. The first-order valence-electron chi connectivity index (χ1n) is 6.06. The van der Waals surface area contributed by atoms with E-state index in [4.69, 9.17) is 4.74 Å². The van der Waals surface area contributed by atoms with Gasteiger partial charge in [0.05, 0.1) is 17.0 Å². The number of benzene rings is 1. The van der Waals surface area contributed by atoms with E-state index in [2.05, 4.69) is 36.6 Å². The van der Waals surface area contributed by atoms with E-state index >= 15 is 0 Å². The van der Waals surface area contributed by atoms with E-state index < -0.39 is 15.6 Å². The van der Waals surface area contributed by atoms with E-state index in [1.807, 2.05) is 0 Å². The molecule has 112 valence electrons. The van der Waals surface area contributed by atoms with Crippen LogP contribution in [-0.4, -0.2) is 38.9 Å². The molecule has 0 atom stereocenters. The lowest BCUT2D eigenvalue weighted by Gasteiger charge is -2.35. The Balaban J connectivity index is 2.30. The van der Waals surface area contributed by atoms with E-state index in [-0.39, 0.29) is 11.5 Å². The molecule has 0 unspecified atom stereocenters. The maximum atomic E-state index is 12.5. The lowest BCUT2D eigenvalue weighted by Crippen LogP contribution is -2.54. The van der Waals surface area contributed by atoms with Crippen LogP contribution in [0.3, 0.4) is 0 Å². The molecule has 0 bridgehead atoms. The van der Waals surface area contributed by atoms with Crippen molar-refractivity contribution >= 4 is 41.9 Å². The lowest BCUT2D eigenvalue weighted by atomic mass is 9.93. The number of rotatable bonds is 4. The Morgan fingerprint density at radius 3 is 2.50 bits per heavy atom. The maximum Gasteiger partial charge on any atom is 0.242 e. The van der Waals surface area contributed by atoms with Crippen LogP contribution >= 0.6 is 31.9 Å². The van der Waals surface area contributed by atoms with Crippen LogP contribution in [0, 0.1) is 0 Å². The predicted molar refractivity (Wildman–Crippen MR) is 82.0 cm³/mol. The number of ether oxygens (including phenoxy) is 1. The molecule has 2 N–H and O–H groups in total. The fraction of sp³-hybridized carbons (Fsp3) is 0.500. The number of nitrogens with one attached hydrogen (secondary N) is 1. The van der Waals surface area contributed by atoms with Crippen molar-refractivity contribution in [3.8, 4) is 0 Å². The van der Waals surface area contributed by atoms with Gasteiger partial charge in [-0.05, 0) is 47.0 Å². The van der Waals surface area contributed by atoms with E-state index in [1.54, 1.807) is 12.1 Å². The summed E-state index contributed by atoms with van der Waals surface area (Å²) in [7, 11) is -3.71. The molecule has 0 aliphatic carbocycles. The average Bonchev–Trinajstić information content (AvgIpc) is 2.38. The molecule has 2 rings (SSSR count). The average molecular weight is 429 g/mol. The van der Waals surface area contributed by atoms with Crippen LogP contribution in [-0.2, 0) is 14.8 Å². The molecule has 1 aromatic rings. The molecular formula is C12H15Br2NO4S. The van der Waals surface area contributed by atoms with Gasteiger partial charge in [-0.1, -0.05) is 15.9 Å². The van der Waals surface area contributed by atoms with Gasteiger partial charge < -0.3 is 9.84 Å². The standard InChI is InChI=1S/C12H15Br2NO4S/c13-9-1-2-11(10(14)7-9)20(17,18)15-12(8-16)3-5-19-6-4-12/h1-2,7,15-16H,3-6,8H2. The Bertz CT molecular complexity index is 585. The molecule has 0 spiro atoms. The highest BCUT2D eigenvalue weighted by Gasteiger charge is 2.37. The lowest BCUT2D eigenvalue weighted by molar-refractivity contribution is 0.0223. The first-order valence-corrected chi connectivity index (χ1v) is 9.13. The van der Waals surface area contributed by atoms with Crippen molar-refractivity contribution in [1.29, 1.82) is 0 Å². The minimum absolute atomic E-state index is 0.153. The molecule has 1 aliphatic heterocycles. The summed E-state index contributed by atoms with van der Waals surface area (Å²) in [5, 5.41) is 9.56. The molecule has 1 aliphatic rings. The Kier molecular flexibility index (Phi) is 5.25. The number of sulfonamides is 1. The molecule has 5 nitrogen and oxygen atoms in total. The van der Waals surface area contributed by atoms with Gasteiger partial charge in [0.15, 0.2) is 0 Å². The zero-order valence-electron chi connectivity index (χ0n) is 10.6. The molecule has 0 saturated carbocycles. The van der Waals surface area contributed by atoms with Crippen LogP contribution in [0.4, 0.5) is 0 Å². The van der Waals surface area contributed by atoms with Crippen molar-refractivity contribution in [2.45, 2.75) is 23.3 Å². The third kappa shape index (κ3) is 3.61. The third-order valence-corrected chi connectivity index (χ3v) is 6.34. The monoisotopic (exact) mass is 427 g/mol. The van der Waals surface area contributed by atoms with Crippen molar-refractivity contribution in [1.82, 2.24) is 4.72 Å². The Labute approximate surface area is 135 Å². The zero-order chi connectivity index (χ0) is 14.8. The summed E-state index contributed by atoms with van der Waals surface area (Å²) in [4.78, 5) is 0.153.